The van der Waals surface area contributed by atoms with E-state index >= 15 is 0 Å². The second-order valence-electron chi connectivity index (χ2n) is 7.24. The Morgan fingerprint density at radius 3 is 2.54 bits per heavy atom. The van der Waals surface area contributed by atoms with Gasteiger partial charge in [-0.25, -0.2) is 4.39 Å². The topological polar surface area (TPSA) is 65.4 Å². The lowest BCUT2D eigenvalue weighted by atomic mass is 9.77. The Kier molecular flexibility index (Phi) is 4.44. The highest BCUT2D eigenvalue weighted by Crippen LogP contribution is 2.36. The number of carbonyl (C=O) groups is 1. The van der Waals surface area contributed by atoms with Crippen molar-refractivity contribution in [2.45, 2.75) is 38.9 Å². The monoisotopic (exact) mass is 358 g/mol. The van der Waals surface area contributed by atoms with E-state index in [4.69, 9.17) is 9.31 Å². The Morgan fingerprint density at radius 2 is 2.00 bits per heavy atom. The maximum Gasteiger partial charge on any atom is 0.495 e. The molecule has 6 nitrogen and oxygen atoms in total. The fraction of sp³-hybridized carbons (Fsp3) is 0.389. The van der Waals surface area contributed by atoms with E-state index in [0.29, 0.717) is 16.9 Å². The van der Waals surface area contributed by atoms with Gasteiger partial charge in [0.2, 0.25) is 0 Å². The van der Waals surface area contributed by atoms with E-state index in [1.807, 2.05) is 13.8 Å². The largest absolute Gasteiger partial charge is 0.495 e. The molecule has 0 bridgehead atoms. The number of nitrogens with one attached hydrogen (secondary N) is 1. The van der Waals surface area contributed by atoms with E-state index in [-0.39, 0.29) is 11.4 Å². The van der Waals surface area contributed by atoms with Gasteiger partial charge in [-0.3, -0.25) is 9.48 Å². The minimum Gasteiger partial charge on any atom is -0.430 e. The SMILES string of the molecule is [CH2-]C1(C)OB(c2ccc(NC(=O)c3ccnn3C)c(C)c2F)OC1(C)C. The molecule has 0 radical (unpaired) electrons. The highest BCUT2D eigenvalue weighted by atomic mass is 19.1. The van der Waals surface area contributed by atoms with Gasteiger partial charge in [-0.05, 0) is 38.5 Å². The molecule has 8 heteroatoms. The summed E-state index contributed by atoms with van der Waals surface area (Å²) in [4.78, 5) is 12.3. The molecule has 0 aliphatic carbocycles. The molecular weight excluding hydrogens is 336 g/mol. The van der Waals surface area contributed by atoms with Crippen molar-refractivity contribution in [2.75, 3.05) is 5.32 Å². The average molecular weight is 358 g/mol. The Morgan fingerprint density at radius 1 is 1.31 bits per heavy atom. The number of anilines is 1. The lowest BCUT2D eigenvalue weighted by molar-refractivity contribution is 0.0262. The second kappa shape index (κ2) is 6.21. The van der Waals surface area contributed by atoms with Crippen molar-refractivity contribution in [1.82, 2.24) is 9.78 Å². The van der Waals surface area contributed by atoms with Crippen molar-refractivity contribution in [1.29, 1.82) is 0 Å². The molecule has 138 valence electrons. The summed E-state index contributed by atoms with van der Waals surface area (Å²) in [5.41, 5.74) is -0.116. The van der Waals surface area contributed by atoms with E-state index in [1.54, 1.807) is 39.1 Å². The van der Waals surface area contributed by atoms with E-state index in [0.717, 1.165) is 0 Å². The molecule has 1 fully saturated rings. The van der Waals surface area contributed by atoms with Gasteiger partial charge in [0.1, 0.15) is 11.5 Å². The Hall–Kier alpha value is -2.19. The van der Waals surface area contributed by atoms with Gasteiger partial charge in [0.05, 0.1) is 0 Å². The molecule has 3 rings (SSSR count). The minimum absolute atomic E-state index is 0.279. The molecule has 1 N–H and O–H groups in total. The Balaban J connectivity index is 1.86. The van der Waals surface area contributed by atoms with Gasteiger partial charge in [-0.15, -0.1) is 0 Å². The lowest BCUT2D eigenvalue weighted by Gasteiger charge is -2.39. The van der Waals surface area contributed by atoms with E-state index in [2.05, 4.69) is 17.3 Å². The first-order chi connectivity index (χ1) is 12.0. The smallest absolute Gasteiger partial charge is 0.430 e. The van der Waals surface area contributed by atoms with Crippen LogP contribution in [0, 0.1) is 19.7 Å². The normalized spacial score (nSPS) is 21.9. The van der Waals surface area contributed by atoms with Gasteiger partial charge < -0.3 is 21.5 Å². The number of benzene rings is 1. The summed E-state index contributed by atoms with van der Waals surface area (Å²) in [6, 6.07) is 4.79. The average Bonchev–Trinajstić information content (AvgIpc) is 3.05. The Bertz CT molecular complexity index is 847. The minimum atomic E-state index is -0.854. The van der Waals surface area contributed by atoms with E-state index < -0.39 is 24.1 Å². The summed E-state index contributed by atoms with van der Waals surface area (Å²) < 4.78 is 28.1. The predicted molar refractivity (Wildman–Crippen MR) is 97.7 cm³/mol. The van der Waals surface area contributed by atoms with Crippen LogP contribution in [0.1, 0.15) is 36.8 Å². The quantitative estimate of drug-likeness (QED) is 0.675. The van der Waals surface area contributed by atoms with Gasteiger partial charge in [0, 0.05) is 35.6 Å². The zero-order valence-electron chi connectivity index (χ0n) is 15.6. The van der Waals surface area contributed by atoms with Crippen molar-refractivity contribution in [2.24, 2.45) is 7.05 Å². The summed E-state index contributed by atoms with van der Waals surface area (Å²) in [6.45, 7) is 11.1. The van der Waals surface area contributed by atoms with Crippen molar-refractivity contribution < 1.29 is 18.5 Å². The molecule has 1 atom stereocenters. The molecule has 1 aliphatic rings. The van der Waals surface area contributed by atoms with E-state index in [9.17, 15) is 9.18 Å². The third-order valence-corrected chi connectivity index (χ3v) is 5.01. The summed E-state index contributed by atoms with van der Waals surface area (Å²) in [7, 11) is 0.811. The van der Waals surface area contributed by atoms with Crippen LogP contribution in [0.5, 0.6) is 0 Å². The fourth-order valence-corrected chi connectivity index (χ4v) is 2.73. The van der Waals surface area contributed by atoms with Crippen LogP contribution in [0.25, 0.3) is 0 Å². The molecule has 1 aromatic heterocycles. The molecule has 1 amide bonds. The van der Waals surface area contributed by atoms with Crippen LogP contribution in [0.15, 0.2) is 24.4 Å². The third-order valence-electron chi connectivity index (χ3n) is 5.01. The van der Waals surface area contributed by atoms with E-state index in [1.165, 1.54) is 10.9 Å². The zero-order valence-corrected chi connectivity index (χ0v) is 15.6. The number of nitrogens with zero attached hydrogens (tertiary/aromatic N) is 2. The molecule has 1 saturated heterocycles. The number of carbonyl (C=O) groups excluding carboxylic acids is 1. The van der Waals surface area contributed by atoms with Crippen molar-refractivity contribution >= 4 is 24.2 Å². The highest BCUT2D eigenvalue weighted by molar-refractivity contribution is 6.62. The highest BCUT2D eigenvalue weighted by Gasteiger charge is 2.48. The number of halogens is 1. The number of hydrogen-bond donors (Lipinski definition) is 1. The standard InChI is InChI=1S/C18H22BFN3O3/c1-11-13(22-16(24)14-9-10-21-23(14)6)8-7-12(15(11)20)19-25-17(2,3)18(4,5)26-19/h7-10H,2H2,1,3-6H3,(H,22,24)/q-1. The van der Waals surface area contributed by atoms with Crippen molar-refractivity contribution in [3.05, 3.63) is 48.4 Å². The van der Waals surface area contributed by atoms with Crippen molar-refractivity contribution in [3.63, 3.8) is 0 Å². The maximum absolute atomic E-state index is 14.9. The van der Waals surface area contributed by atoms with Crippen LogP contribution in [0.3, 0.4) is 0 Å². The molecule has 2 heterocycles. The molecule has 0 spiro atoms. The first-order valence-electron chi connectivity index (χ1n) is 8.33. The fourth-order valence-electron chi connectivity index (χ4n) is 2.73. The first kappa shape index (κ1) is 18.6. The van der Waals surface area contributed by atoms with Crippen LogP contribution >= 0.6 is 0 Å². The molecule has 1 aromatic carbocycles. The molecule has 0 saturated carbocycles. The summed E-state index contributed by atoms with van der Waals surface area (Å²) >= 11 is 0. The first-order valence-corrected chi connectivity index (χ1v) is 8.33. The third kappa shape index (κ3) is 3.03. The van der Waals surface area contributed by atoms with Gasteiger partial charge >= 0.3 is 7.12 Å². The molecule has 2 aromatic rings. The van der Waals surface area contributed by atoms with Gasteiger partial charge in [-0.1, -0.05) is 13.0 Å². The second-order valence-corrected chi connectivity index (χ2v) is 7.24. The predicted octanol–water partition coefficient (Wildman–Crippen LogP) is 2.23. The number of hydrogen-bond acceptors (Lipinski definition) is 4. The lowest BCUT2D eigenvalue weighted by Crippen LogP contribution is -2.42. The van der Waals surface area contributed by atoms with Crippen LogP contribution in [0.4, 0.5) is 10.1 Å². The van der Waals surface area contributed by atoms with Gasteiger partial charge in [0.15, 0.2) is 0 Å². The van der Waals surface area contributed by atoms with Crippen molar-refractivity contribution in [3.8, 4) is 0 Å². The van der Waals surface area contributed by atoms with Crippen LogP contribution < -0.4 is 10.8 Å². The van der Waals surface area contributed by atoms with Gasteiger partial charge in [-0.2, -0.15) is 5.10 Å². The van der Waals surface area contributed by atoms with Crippen LogP contribution in [0.2, 0.25) is 0 Å². The molecule has 1 aliphatic heterocycles. The summed E-state index contributed by atoms with van der Waals surface area (Å²) in [5, 5.41) is 6.67. The van der Waals surface area contributed by atoms with Gasteiger partial charge in [0.25, 0.3) is 5.91 Å². The summed E-state index contributed by atoms with van der Waals surface area (Å²) in [6.07, 6.45) is 1.53. The van der Waals surface area contributed by atoms with Crippen LogP contribution in [-0.2, 0) is 16.4 Å². The molecular formula is C18H22BFN3O3-. The maximum atomic E-state index is 14.9. The zero-order chi connectivity index (χ0) is 19.3. The number of aromatic nitrogens is 2. The number of aryl methyl sites for hydroxylation is 1. The summed E-state index contributed by atoms with van der Waals surface area (Å²) in [5.74, 6) is -0.841. The molecule has 26 heavy (non-hydrogen) atoms. The number of amides is 1. The van der Waals surface area contributed by atoms with Crippen LogP contribution in [-0.4, -0.2) is 34.0 Å². The Labute approximate surface area is 152 Å². The number of rotatable bonds is 3. The molecule has 1 unspecified atom stereocenters.